The SMILES string of the molecule is CC(C)(C)C1CCC(NCc2ccsc2)CC1. The molecule has 0 aromatic carbocycles. The van der Waals surface area contributed by atoms with Crippen molar-refractivity contribution in [2.75, 3.05) is 0 Å². The van der Waals surface area contributed by atoms with Crippen LogP contribution in [0.25, 0.3) is 0 Å². The molecule has 0 amide bonds. The van der Waals surface area contributed by atoms with Crippen molar-refractivity contribution in [3.63, 3.8) is 0 Å². The molecule has 1 heterocycles. The molecule has 0 spiro atoms. The van der Waals surface area contributed by atoms with E-state index >= 15 is 0 Å². The molecule has 96 valence electrons. The first-order chi connectivity index (χ1) is 8.05. The third-order valence-electron chi connectivity index (χ3n) is 4.13. The molecule has 1 aromatic rings. The average Bonchev–Trinajstić information content (AvgIpc) is 2.78. The Labute approximate surface area is 110 Å². The van der Waals surface area contributed by atoms with Crippen LogP contribution in [0.2, 0.25) is 0 Å². The van der Waals surface area contributed by atoms with Gasteiger partial charge in [0.2, 0.25) is 0 Å². The van der Waals surface area contributed by atoms with Gasteiger partial charge in [-0.2, -0.15) is 11.3 Å². The molecular weight excluding hydrogens is 226 g/mol. The molecule has 1 aliphatic carbocycles. The van der Waals surface area contributed by atoms with Gasteiger partial charge >= 0.3 is 0 Å². The Balaban J connectivity index is 1.72. The third-order valence-corrected chi connectivity index (χ3v) is 4.86. The normalized spacial score (nSPS) is 26.1. The maximum Gasteiger partial charge on any atom is 0.0216 e. The van der Waals surface area contributed by atoms with Crippen LogP contribution in [-0.2, 0) is 6.54 Å². The van der Waals surface area contributed by atoms with Crippen molar-refractivity contribution >= 4 is 11.3 Å². The molecule has 2 heteroatoms. The second-order valence-corrected chi connectivity index (χ2v) is 7.21. The molecule has 1 N–H and O–H groups in total. The maximum atomic E-state index is 3.70. The molecule has 1 saturated carbocycles. The minimum atomic E-state index is 0.498. The first-order valence-electron chi connectivity index (χ1n) is 6.80. The van der Waals surface area contributed by atoms with Gasteiger partial charge in [-0.3, -0.25) is 0 Å². The second kappa shape index (κ2) is 5.53. The first-order valence-corrected chi connectivity index (χ1v) is 7.74. The topological polar surface area (TPSA) is 12.0 Å². The smallest absolute Gasteiger partial charge is 0.0216 e. The summed E-state index contributed by atoms with van der Waals surface area (Å²) in [6, 6.07) is 2.96. The summed E-state index contributed by atoms with van der Waals surface area (Å²) in [6.07, 6.45) is 5.49. The van der Waals surface area contributed by atoms with Crippen LogP contribution in [0.5, 0.6) is 0 Å². The fourth-order valence-electron chi connectivity index (χ4n) is 2.82. The van der Waals surface area contributed by atoms with E-state index in [1.54, 1.807) is 11.3 Å². The van der Waals surface area contributed by atoms with Crippen molar-refractivity contribution in [1.82, 2.24) is 5.32 Å². The van der Waals surface area contributed by atoms with Crippen LogP contribution in [0.1, 0.15) is 52.0 Å². The van der Waals surface area contributed by atoms with Gasteiger partial charge < -0.3 is 5.32 Å². The Bertz CT molecular complexity index is 315. The number of rotatable bonds is 3. The fraction of sp³-hybridized carbons (Fsp3) is 0.733. The number of hydrogen-bond donors (Lipinski definition) is 1. The highest BCUT2D eigenvalue weighted by molar-refractivity contribution is 7.07. The van der Waals surface area contributed by atoms with Gasteiger partial charge in [0.05, 0.1) is 0 Å². The molecule has 0 bridgehead atoms. The van der Waals surface area contributed by atoms with Crippen LogP contribution in [0.4, 0.5) is 0 Å². The Hall–Kier alpha value is -0.340. The van der Waals surface area contributed by atoms with Crippen LogP contribution in [0.3, 0.4) is 0 Å². The molecule has 0 aliphatic heterocycles. The minimum Gasteiger partial charge on any atom is -0.310 e. The predicted octanol–water partition coefficient (Wildman–Crippen LogP) is 4.44. The van der Waals surface area contributed by atoms with Gasteiger partial charge in [0.1, 0.15) is 0 Å². The van der Waals surface area contributed by atoms with Crippen LogP contribution >= 0.6 is 11.3 Å². The van der Waals surface area contributed by atoms with E-state index in [1.807, 2.05) is 0 Å². The van der Waals surface area contributed by atoms with Gasteiger partial charge in [-0.05, 0) is 59.4 Å². The second-order valence-electron chi connectivity index (χ2n) is 6.43. The molecule has 0 saturated heterocycles. The van der Waals surface area contributed by atoms with Gasteiger partial charge in [0.15, 0.2) is 0 Å². The molecule has 1 aliphatic rings. The van der Waals surface area contributed by atoms with Crippen LogP contribution < -0.4 is 5.32 Å². The molecule has 2 rings (SSSR count). The summed E-state index contributed by atoms with van der Waals surface area (Å²) in [4.78, 5) is 0. The van der Waals surface area contributed by atoms with Gasteiger partial charge in [-0.15, -0.1) is 0 Å². The van der Waals surface area contributed by atoms with E-state index in [0.29, 0.717) is 5.41 Å². The number of nitrogens with one attached hydrogen (secondary N) is 1. The third kappa shape index (κ3) is 3.82. The monoisotopic (exact) mass is 251 g/mol. The summed E-state index contributed by atoms with van der Waals surface area (Å²) in [6.45, 7) is 8.21. The molecule has 1 nitrogen and oxygen atoms in total. The van der Waals surface area contributed by atoms with Crippen molar-refractivity contribution in [2.45, 2.75) is 59.0 Å². The highest BCUT2D eigenvalue weighted by Crippen LogP contribution is 2.37. The van der Waals surface area contributed by atoms with Crippen molar-refractivity contribution in [2.24, 2.45) is 11.3 Å². The Morgan fingerprint density at radius 2 is 1.94 bits per heavy atom. The van der Waals surface area contributed by atoms with Crippen molar-refractivity contribution in [3.8, 4) is 0 Å². The van der Waals surface area contributed by atoms with Crippen molar-refractivity contribution in [3.05, 3.63) is 22.4 Å². The highest BCUT2D eigenvalue weighted by atomic mass is 32.1. The maximum absolute atomic E-state index is 3.70. The fourth-order valence-corrected chi connectivity index (χ4v) is 3.49. The highest BCUT2D eigenvalue weighted by Gasteiger charge is 2.29. The Kier molecular flexibility index (Phi) is 4.26. The summed E-state index contributed by atoms with van der Waals surface area (Å²) < 4.78 is 0. The summed E-state index contributed by atoms with van der Waals surface area (Å²) in [5, 5.41) is 8.11. The molecule has 0 unspecified atom stereocenters. The van der Waals surface area contributed by atoms with Gasteiger partial charge in [-0.25, -0.2) is 0 Å². The zero-order valence-corrected chi connectivity index (χ0v) is 12.1. The minimum absolute atomic E-state index is 0.498. The van der Waals surface area contributed by atoms with Crippen LogP contribution in [0.15, 0.2) is 16.8 Å². The van der Waals surface area contributed by atoms with Crippen LogP contribution in [-0.4, -0.2) is 6.04 Å². The summed E-state index contributed by atoms with van der Waals surface area (Å²) in [5.41, 5.74) is 1.94. The van der Waals surface area contributed by atoms with E-state index in [2.05, 4.69) is 42.9 Å². The van der Waals surface area contributed by atoms with Gasteiger partial charge in [0.25, 0.3) is 0 Å². The van der Waals surface area contributed by atoms with E-state index < -0.39 is 0 Å². The first kappa shape index (κ1) is 13.1. The summed E-state index contributed by atoms with van der Waals surface area (Å²) in [7, 11) is 0. The molecular formula is C15H25NS. The zero-order valence-electron chi connectivity index (χ0n) is 11.3. The summed E-state index contributed by atoms with van der Waals surface area (Å²) in [5.74, 6) is 0.918. The largest absolute Gasteiger partial charge is 0.310 e. The van der Waals surface area contributed by atoms with E-state index in [9.17, 15) is 0 Å². The van der Waals surface area contributed by atoms with E-state index in [0.717, 1.165) is 18.5 Å². The van der Waals surface area contributed by atoms with Crippen molar-refractivity contribution < 1.29 is 0 Å². The van der Waals surface area contributed by atoms with E-state index in [4.69, 9.17) is 0 Å². The molecule has 1 fully saturated rings. The standard InChI is InChI=1S/C15H25NS/c1-15(2,3)13-4-6-14(7-5-13)16-10-12-8-9-17-11-12/h8-9,11,13-14,16H,4-7,10H2,1-3H3. The lowest BCUT2D eigenvalue weighted by atomic mass is 9.71. The molecule has 1 aromatic heterocycles. The molecule has 0 radical (unpaired) electrons. The number of thiophene rings is 1. The lowest BCUT2D eigenvalue weighted by Crippen LogP contribution is -2.35. The molecule has 0 atom stereocenters. The zero-order chi connectivity index (χ0) is 12.3. The molecule has 17 heavy (non-hydrogen) atoms. The number of hydrogen-bond acceptors (Lipinski definition) is 2. The van der Waals surface area contributed by atoms with Crippen molar-refractivity contribution in [1.29, 1.82) is 0 Å². The summed E-state index contributed by atoms with van der Waals surface area (Å²) >= 11 is 1.79. The Morgan fingerprint density at radius 3 is 2.47 bits per heavy atom. The lowest BCUT2D eigenvalue weighted by Gasteiger charge is -2.37. The quantitative estimate of drug-likeness (QED) is 0.837. The van der Waals surface area contributed by atoms with E-state index in [-0.39, 0.29) is 0 Å². The Morgan fingerprint density at radius 1 is 1.24 bits per heavy atom. The lowest BCUT2D eigenvalue weighted by molar-refractivity contribution is 0.160. The van der Waals surface area contributed by atoms with Gasteiger partial charge in [-0.1, -0.05) is 20.8 Å². The van der Waals surface area contributed by atoms with Crippen LogP contribution in [0, 0.1) is 11.3 Å². The average molecular weight is 251 g/mol. The van der Waals surface area contributed by atoms with Gasteiger partial charge in [0, 0.05) is 12.6 Å². The van der Waals surface area contributed by atoms with E-state index in [1.165, 1.54) is 31.2 Å². The predicted molar refractivity (Wildman–Crippen MR) is 76.4 cm³/mol.